The van der Waals surface area contributed by atoms with Crippen LogP contribution in [0.2, 0.25) is 0 Å². The van der Waals surface area contributed by atoms with Crippen LogP contribution < -0.4 is 4.74 Å². The summed E-state index contributed by atoms with van der Waals surface area (Å²) < 4.78 is 10.8. The zero-order valence-corrected chi connectivity index (χ0v) is 15.0. The molecule has 0 bridgehead atoms. The topological polar surface area (TPSA) is 96.4 Å². The van der Waals surface area contributed by atoms with E-state index in [1.807, 2.05) is 42.5 Å². The summed E-state index contributed by atoms with van der Waals surface area (Å²) in [7, 11) is 0. The van der Waals surface area contributed by atoms with Gasteiger partial charge in [0.2, 0.25) is 0 Å². The van der Waals surface area contributed by atoms with Gasteiger partial charge in [0, 0.05) is 25.8 Å². The molecule has 1 saturated heterocycles. The zero-order valence-electron chi connectivity index (χ0n) is 15.0. The molecule has 0 amide bonds. The van der Waals surface area contributed by atoms with Crippen molar-refractivity contribution < 1.29 is 29.3 Å². The summed E-state index contributed by atoms with van der Waals surface area (Å²) in [5.74, 6) is -1.08. The van der Waals surface area contributed by atoms with Crippen LogP contribution in [0.5, 0.6) is 11.5 Å². The molecule has 26 heavy (non-hydrogen) atoms. The lowest BCUT2D eigenvalue weighted by atomic mass is 9.90. The predicted molar refractivity (Wildman–Crippen MR) is 95.2 cm³/mol. The molecule has 1 unspecified atom stereocenters. The van der Waals surface area contributed by atoms with E-state index in [9.17, 15) is 9.90 Å². The third kappa shape index (κ3) is 4.83. The molecule has 0 radical (unpaired) electrons. The first-order valence-electron chi connectivity index (χ1n) is 8.14. The Morgan fingerprint density at radius 1 is 1.15 bits per heavy atom. The molecule has 2 aromatic carbocycles. The Kier molecular flexibility index (Phi) is 6.00. The van der Waals surface area contributed by atoms with Gasteiger partial charge in [-0.15, -0.1) is 0 Å². The summed E-state index contributed by atoms with van der Waals surface area (Å²) in [6.45, 7) is 4.73. The summed E-state index contributed by atoms with van der Waals surface area (Å²) in [6, 6.07) is 13.7. The molecule has 0 aliphatic carbocycles. The molecule has 1 aliphatic heterocycles. The number of hydrogen-bond acceptors (Lipinski definition) is 5. The van der Waals surface area contributed by atoms with Crippen LogP contribution in [-0.2, 0) is 26.3 Å². The highest BCUT2D eigenvalue weighted by Crippen LogP contribution is 2.49. The van der Waals surface area contributed by atoms with Crippen molar-refractivity contribution in [2.45, 2.75) is 32.8 Å². The molecule has 6 nitrogen and oxygen atoms in total. The number of hydrogen-bond donors (Lipinski definition) is 2. The molecule has 2 N–H and O–H groups in total. The van der Waals surface area contributed by atoms with E-state index in [1.54, 1.807) is 6.92 Å². The van der Waals surface area contributed by atoms with Gasteiger partial charge in [-0.25, -0.2) is 0 Å². The summed E-state index contributed by atoms with van der Waals surface area (Å²) in [5, 5.41) is 17.9. The van der Waals surface area contributed by atoms with Gasteiger partial charge in [-0.1, -0.05) is 42.5 Å². The minimum atomic E-state index is -0.833. The number of phenolic OH excluding ortho intramolecular Hbond substituents is 1. The number of esters is 1. The predicted octanol–water partition coefficient (Wildman–Crippen LogP) is 3.19. The number of aromatic hydroxyl groups is 1. The Bertz CT molecular complexity index is 789. The lowest BCUT2D eigenvalue weighted by Gasteiger charge is -2.17. The lowest BCUT2D eigenvalue weighted by Crippen LogP contribution is -2.14. The Labute approximate surface area is 152 Å². The lowest BCUT2D eigenvalue weighted by molar-refractivity contribution is -0.134. The number of benzene rings is 2. The van der Waals surface area contributed by atoms with E-state index in [2.05, 4.69) is 0 Å². The van der Waals surface area contributed by atoms with Gasteiger partial charge >= 0.3 is 5.97 Å². The number of carboxylic acids is 1. The van der Waals surface area contributed by atoms with E-state index >= 15 is 0 Å². The molecule has 0 aromatic heterocycles. The molecule has 1 fully saturated rings. The van der Waals surface area contributed by atoms with E-state index in [0.29, 0.717) is 24.2 Å². The van der Waals surface area contributed by atoms with Gasteiger partial charge in [0.05, 0.1) is 6.61 Å². The molecule has 1 heterocycles. The molecular weight excluding hydrogens is 336 g/mol. The van der Waals surface area contributed by atoms with E-state index < -0.39 is 17.5 Å². The van der Waals surface area contributed by atoms with Crippen molar-refractivity contribution in [3.05, 3.63) is 59.2 Å². The monoisotopic (exact) mass is 358 g/mol. The minimum Gasteiger partial charge on any atom is -0.504 e. The normalized spacial score (nSPS) is 17.7. The number of aliphatic carboxylic acids is 1. The van der Waals surface area contributed by atoms with Crippen LogP contribution in [0.15, 0.2) is 42.5 Å². The molecule has 138 valence electrons. The number of carboxylic acid groups (broad SMARTS) is 1. The standard InChI is InChI=1S/C18H18O4.C2H4O2/c1-12-8-9-15(16(20)17(12)22-13(2)19)18(11-21-18)10-14-6-4-3-5-7-14;1-2(3)4/h3-9,20H,10-11H2,1-2H3;1H3,(H,3,4). The Balaban J connectivity index is 0.000000552. The Morgan fingerprint density at radius 2 is 1.73 bits per heavy atom. The SMILES string of the molecule is CC(=O)O.CC(=O)Oc1c(C)ccc(C2(Cc3ccccc3)CO2)c1O. The van der Waals surface area contributed by atoms with Crippen LogP contribution in [0.4, 0.5) is 0 Å². The second kappa shape index (κ2) is 8.01. The minimum absolute atomic E-state index is 0.0105. The van der Waals surface area contributed by atoms with Crippen molar-refractivity contribution in [3.63, 3.8) is 0 Å². The van der Waals surface area contributed by atoms with Crippen molar-refractivity contribution in [3.8, 4) is 11.5 Å². The van der Waals surface area contributed by atoms with Gasteiger partial charge in [-0.2, -0.15) is 0 Å². The summed E-state index contributed by atoms with van der Waals surface area (Å²) >= 11 is 0. The van der Waals surface area contributed by atoms with Crippen molar-refractivity contribution >= 4 is 11.9 Å². The van der Waals surface area contributed by atoms with Crippen LogP contribution in [-0.4, -0.2) is 28.8 Å². The molecule has 2 aromatic rings. The maximum Gasteiger partial charge on any atom is 0.308 e. The van der Waals surface area contributed by atoms with Crippen molar-refractivity contribution in [1.29, 1.82) is 0 Å². The first-order chi connectivity index (χ1) is 12.2. The molecule has 0 spiro atoms. The largest absolute Gasteiger partial charge is 0.504 e. The number of phenols is 1. The van der Waals surface area contributed by atoms with Crippen LogP contribution in [0, 0.1) is 6.92 Å². The van der Waals surface area contributed by atoms with Crippen molar-refractivity contribution in [2.75, 3.05) is 6.61 Å². The summed E-state index contributed by atoms with van der Waals surface area (Å²) in [4.78, 5) is 20.2. The van der Waals surface area contributed by atoms with Gasteiger partial charge < -0.3 is 19.7 Å². The second-order valence-corrected chi connectivity index (χ2v) is 6.17. The summed E-state index contributed by atoms with van der Waals surface area (Å²) in [5.41, 5.74) is 1.98. The Hall–Kier alpha value is -2.86. The average molecular weight is 358 g/mol. The first kappa shape index (κ1) is 19.5. The number of carbonyl (C=O) groups is 2. The highest BCUT2D eigenvalue weighted by Gasteiger charge is 2.48. The van der Waals surface area contributed by atoms with E-state index in [1.165, 1.54) is 6.92 Å². The molecule has 0 saturated carbocycles. The summed E-state index contributed by atoms with van der Waals surface area (Å²) in [6.07, 6.45) is 0.671. The highest BCUT2D eigenvalue weighted by molar-refractivity contribution is 5.72. The smallest absolute Gasteiger partial charge is 0.308 e. The fourth-order valence-electron chi connectivity index (χ4n) is 2.68. The number of carbonyl (C=O) groups excluding carboxylic acids is 1. The quantitative estimate of drug-likeness (QED) is 0.495. The first-order valence-corrected chi connectivity index (χ1v) is 8.14. The molecule has 1 atom stereocenters. The number of ether oxygens (including phenoxy) is 2. The Morgan fingerprint density at radius 3 is 2.23 bits per heavy atom. The average Bonchev–Trinajstić information content (AvgIpc) is 3.32. The second-order valence-electron chi connectivity index (χ2n) is 6.17. The van der Waals surface area contributed by atoms with Crippen molar-refractivity contribution in [2.24, 2.45) is 0 Å². The van der Waals surface area contributed by atoms with Gasteiger partial charge in [-0.3, -0.25) is 9.59 Å². The van der Waals surface area contributed by atoms with E-state index in [-0.39, 0.29) is 11.5 Å². The number of epoxide rings is 1. The molecule has 1 aliphatic rings. The van der Waals surface area contributed by atoms with Crippen molar-refractivity contribution in [1.82, 2.24) is 0 Å². The highest BCUT2D eigenvalue weighted by atomic mass is 16.6. The third-order valence-electron chi connectivity index (χ3n) is 3.89. The van der Waals surface area contributed by atoms with Gasteiger partial charge in [0.25, 0.3) is 5.97 Å². The van der Waals surface area contributed by atoms with Gasteiger partial charge in [0.1, 0.15) is 5.60 Å². The zero-order chi connectivity index (χ0) is 19.3. The maximum absolute atomic E-state index is 11.2. The number of aryl methyl sites for hydroxylation is 1. The van der Waals surface area contributed by atoms with E-state index in [0.717, 1.165) is 12.5 Å². The van der Waals surface area contributed by atoms with Crippen LogP contribution >= 0.6 is 0 Å². The third-order valence-corrected chi connectivity index (χ3v) is 3.89. The van der Waals surface area contributed by atoms with Crippen LogP contribution in [0.1, 0.15) is 30.5 Å². The van der Waals surface area contributed by atoms with Crippen LogP contribution in [0.3, 0.4) is 0 Å². The fourth-order valence-corrected chi connectivity index (χ4v) is 2.68. The molecule has 6 heteroatoms. The van der Waals surface area contributed by atoms with Gasteiger partial charge in [-0.05, 0) is 18.1 Å². The fraction of sp³-hybridized carbons (Fsp3) is 0.300. The van der Waals surface area contributed by atoms with E-state index in [4.69, 9.17) is 19.4 Å². The number of rotatable bonds is 4. The van der Waals surface area contributed by atoms with Crippen LogP contribution in [0.25, 0.3) is 0 Å². The van der Waals surface area contributed by atoms with Gasteiger partial charge in [0.15, 0.2) is 11.5 Å². The molecule has 3 rings (SSSR count). The molecular formula is C20H22O6. The maximum atomic E-state index is 11.2.